The first-order chi connectivity index (χ1) is 8.20. The van der Waals surface area contributed by atoms with Crippen LogP contribution in [0.1, 0.15) is 19.8 Å². The first kappa shape index (κ1) is 12.1. The van der Waals surface area contributed by atoms with Crippen LogP contribution in [-0.2, 0) is 7.05 Å². The third kappa shape index (κ3) is 2.85. The maximum atomic E-state index is 11.8. The summed E-state index contributed by atoms with van der Waals surface area (Å²) in [6.45, 7) is 5.49. The fourth-order valence-electron chi connectivity index (χ4n) is 2.18. The van der Waals surface area contributed by atoms with E-state index in [0.29, 0.717) is 11.9 Å². The van der Waals surface area contributed by atoms with Crippen molar-refractivity contribution in [2.45, 2.75) is 25.8 Å². The van der Waals surface area contributed by atoms with Crippen molar-refractivity contribution in [3.8, 4) is 0 Å². The maximum absolute atomic E-state index is 11.8. The second-order valence-corrected chi connectivity index (χ2v) is 4.54. The minimum Gasteiger partial charge on any atom is -0.363 e. The summed E-state index contributed by atoms with van der Waals surface area (Å²) >= 11 is 0. The molecule has 0 aliphatic carbocycles. The van der Waals surface area contributed by atoms with E-state index in [-0.39, 0.29) is 5.56 Å². The van der Waals surface area contributed by atoms with Crippen LogP contribution in [-0.4, -0.2) is 40.1 Å². The molecule has 0 amide bonds. The van der Waals surface area contributed by atoms with Gasteiger partial charge in [-0.15, -0.1) is 0 Å². The van der Waals surface area contributed by atoms with Crippen LogP contribution in [0.4, 0.5) is 5.82 Å². The van der Waals surface area contributed by atoms with Crippen molar-refractivity contribution in [2.24, 2.45) is 7.05 Å². The highest BCUT2D eigenvalue weighted by atomic mass is 16.1. The summed E-state index contributed by atoms with van der Waals surface area (Å²) in [7, 11) is 1.74. The predicted octanol–water partition coefficient (Wildman–Crippen LogP) is 0.676. The standard InChI is InChI=1S/C12H20N4O/c1-3-16-7-4-10(5-8-16)14-11-12(17)15(2)9-6-13-11/h6,9-10H,3-5,7-8H2,1-2H3,(H,13,14). The Bertz CT molecular complexity index is 421. The van der Waals surface area contributed by atoms with Crippen LogP contribution in [0.15, 0.2) is 17.2 Å². The Kier molecular flexibility index (Phi) is 3.78. The molecule has 1 fully saturated rings. The van der Waals surface area contributed by atoms with Gasteiger partial charge in [0.15, 0.2) is 5.82 Å². The molecule has 5 heteroatoms. The molecule has 0 saturated carbocycles. The molecular formula is C12H20N4O. The number of nitrogens with zero attached hydrogens (tertiary/aromatic N) is 3. The SMILES string of the molecule is CCN1CCC(Nc2nccn(C)c2=O)CC1. The monoisotopic (exact) mass is 236 g/mol. The second kappa shape index (κ2) is 5.31. The van der Waals surface area contributed by atoms with Gasteiger partial charge in [0.05, 0.1) is 0 Å². The molecule has 1 aliphatic rings. The lowest BCUT2D eigenvalue weighted by atomic mass is 10.1. The largest absolute Gasteiger partial charge is 0.363 e. The molecule has 1 aromatic heterocycles. The van der Waals surface area contributed by atoms with Crippen LogP contribution in [0.5, 0.6) is 0 Å². The van der Waals surface area contributed by atoms with Crippen molar-refractivity contribution in [3.05, 3.63) is 22.7 Å². The first-order valence-corrected chi connectivity index (χ1v) is 6.21. The molecule has 0 radical (unpaired) electrons. The van der Waals surface area contributed by atoms with Crippen LogP contribution in [0.3, 0.4) is 0 Å². The summed E-state index contributed by atoms with van der Waals surface area (Å²) in [5.41, 5.74) is -0.0505. The Morgan fingerprint density at radius 1 is 1.47 bits per heavy atom. The molecule has 0 aromatic carbocycles. The zero-order valence-corrected chi connectivity index (χ0v) is 10.5. The van der Waals surface area contributed by atoms with Gasteiger partial charge in [-0.2, -0.15) is 0 Å². The number of anilines is 1. The Labute approximate surface area is 101 Å². The van der Waals surface area contributed by atoms with Crippen molar-refractivity contribution >= 4 is 5.82 Å². The molecule has 1 aliphatic heterocycles. The zero-order chi connectivity index (χ0) is 12.3. The normalized spacial score (nSPS) is 18.2. The van der Waals surface area contributed by atoms with Crippen molar-refractivity contribution in [3.63, 3.8) is 0 Å². The van der Waals surface area contributed by atoms with Crippen molar-refractivity contribution in [1.82, 2.24) is 14.5 Å². The molecule has 17 heavy (non-hydrogen) atoms. The lowest BCUT2D eigenvalue weighted by Gasteiger charge is -2.31. The predicted molar refractivity (Wildman–Crippen MR) is 68.2 cm³/mol. The van der Waals surface area contributed by atoms with Gasteiger partial charge in [0.25, 0.3) is 5.56 Å². The molecule has 5 nitrogen and oxygen atoms in total. The highest BCUT2D eigenvalue weighted by molar-refractivity contribution is 5.32. The fourth-order valence-corrected chi connectivity index (χ4v) is 2.18. The van der Waals surface area contributed by atoms with E-state index in [1.165, 1.54) is 0 Å². The molecule has 0 spiro atoms. The Morgan fingerprint density at radius 3 is 2.82 bits per heavy atom. The van der Waals surface area contributed by atoms with Gasteiger partial charge in [-0.3, -0.25) is 4.79 Å². The smallest absolute Gasteiger partial charge is 0.293 e. The number of hydrogen-bond acceptors (Lipinski definition) is 4. The van der Waals surface area contributed by atoms with Crippen LogP contribution < -0.4 is 10.9 Å². The third-order valence-corrected chi connectivity index (χ3v) is 3.39. The van der Waals surface area contributed by atoms with Gasteiger partial charge in [-0.25, -0.2) is 4.98 Å². The van der Waals surface area contributed by atoms with E-state index in [9.17, 15) is 4.79 Å². The highest BCUT2D eigenvalue weighted by Crippen LogP contribution is 2.12. The molecule has 1 aromatic rings. The molecule has 2 heterocycles. The van der Waals surface area contributed by atoms with E-state index >= 15 is 0 Å². The van der Waals surface area contributed by atoms with Gasteiger partial charge < -0.3 is 14.8 Å². The first-order valence-electron chi connectivity index (χ1n) is 6.21. The summed E-state index contributed by atoms with van der Waals surface area (Å²) in [5.74, 6) is 0.477. The number of likely N-dealkylation sites (tertiary alicyclic amines) is 1. The van der Waals surface area contributed by atoms with Gasteiger partial charge in [0.1, 0.15) is 0 Å². The summed E-state index contributed by atoms with van der Waals surface area (Å²) in [5, 5.41) is 3.26. The van der Waals surface area contributed by atoms with Crippen LogP contribution >= 0.6 is 0 Å². The summed E-state index contributed by atoms with van der Waals surface area (Å²) in [6, 6.07) is 0.375. The Balaban J connectivity index is 1.98. The minimum absolute atomic E-state index is 0.0505. The number of nitrogens with one attached hydrogen (secondary N) is 1. The van der Waals surface area contributed by atoms with E-state index in [1.807, 2.05) is 0 Å². The molecule has 2 rings (SSSR count). The van der Waals surface area contributed by atoms with Gasteiger partial charge in [-0.05, 0) is 19.4 Å². The highest BCUT2D eigenvalue weighted by Gasteiger charge is 2.18. The van der Waals surface area contributed by atoms with E-state index in [2.05, 4.69) is 22.1 Å². The molecule has 0 unspecified atom stereocenters. The van der Waals surface area contributed by atoms with Gasteiger partial charge in [0.2, 0.25) is 0 Å². The average molecular weight is 236 g/mol. The Hall–Kier alpha value is -1.36. The van der Waals surface area contributed by atoms with Crippen molar-refractivity contribution < 1.29 is 0 Å². The Morgan fingerprint density at radius 2 is 2.18 bits per heavy atom. The van der Waals surface area contributed by atoms with Crippen molar-refractivity contribution in [1.29, 1.82) is 0 Å². The lowest BCUT2D eigenvalue weighted by molar-refractivity contribution is 0.229. The number of aromatic nitrogens is 2. The topological polar surface area (TPSA) is 50.2 Å². The number of rotatable bonds is 3. The molecule has 1 saturated heterocycles. The summed E-state index contributed by atoms with van der Waals surface area (Å²) in [6.07, 6.45) is 5.49. The van der Waals surface area contributed by atoms with Gasteiger partial charge >= 0.3 is 0 Å². The number of hydrogen-bond donors (Lipinski definition) is 1. The summed E-state index contributed by atoms with van der Waals surface area (Å²) < 4.78 is 1.55. The minimum atomic E-state index is -0.0505. The van der Waals surface area contributed by atoms with Gasteiger partial charge in [-0.1, -0.05) is 6.92 Å². The number of aryl methyl sites for hydroxylation is 1. The summed E-state index contributed by atoms with van der Waals surface area (Å²) in [4.78, 5) is 18.3. The number of piperidine rings is 1. The maximum Gasteiger partial charge on any atom is 0.293 e. The molecule has 94 valence electrons. The van der Waals surface area contributed by atoms with Crippen molar-refractivity contribution in [2.75, 3.05) is 25.0 Å². The quantitative estimate of drug-likeness (QED) is 0.838. The second-order valence-electron chi connectivity index (χ2n) is 4.54. The molecule has 0 atom stereocenters. The fraction of sp³-hybridized carbons (Fsp3) is 0.667. The van der Waals surface area contributed by atoms with E-state index in [0.717, 1.165) is 32.5 Å². The van der Waals surface area contributed by atoms with Crippen LogP contribution in [0.25, 0.3) is 0 Å². The van der Waals surface area contributed by atoms with E-state index in [4.69, 9.17) is 0 Å². The van der Waals surface area contributed by atoms with E-state index < -0.39 is 0 Å². The third-order valence-electron chi connectivity index (χ3n) is 3.39. The van der Waals surface area contributed by atoms with Gasteiger partial charge in [0, 0.05) is 38.6 Å². The van der Waals surface area contributed by atoms with E-state index in [1.54, 1.807) is 24.0 Å². The lowest BCUT2D eigenvalue weighted by Crippen LogP contribution is -2.40. The van der Waals surface area contributed by atoms with Crippen LogP contribution in [0.2, 0.25) is 0 Å². The average Bonchev–Trinajstić information content (AvgIpc) is 2.36. The molecule has 0 bridgehead atoms. The molecular weight excluding hydrogens is 216 g/mol. The zero-order valence-electron chi connectivity index (χ0n) is 10.5. The van der Waals surface area contributed by atoms with Crippen LogP contribution in [0, 0.1) is 0 Å². The molecule has 1 N–H and O–H groups in total.